The van der Waals surface area contributed by atoms with Crippen LogP contribution in [0.5, 0.6) is 0 Å². The minimum Gasteiger partial charge on any atom is -0.373 e. The molecule has 0 unspecified atom stereocenters. The van der Waals surface area contributed by atoms with E-state index in [-0.39, 0.29) is 0 Å². The van der Waals surface area contributed by atoms with E-state index in [0.29, 0.717) is 0 Å². The number of rotatable bonds is 3. The smallest absolute Gasteiger partial charge is 0.154 e. The second-order valence-corrected chi connectivity index (χ2v) is 5.16. The van der Waals surface area contributed by atoms with Crippen LogP contribution in [0.1, 0.15) is 5.69 Å². The van der Waals surface area contributed by atoms with Crippen LogP contribution in [-0.2, 0) is 0 Å². The molecule has 0 fully saturated rings. The summed E-state index contributed by atoms with van der Waals surface area (Å²) in [4.78, 5) is 9.72. The van der Waals surface area contributed by atoms with Crippen molar-refractivity contribution in [1.29, 1.82) is 0 Å². The first-order chi connectivity index (χ1) is 7.28. The fraction of sp³-hybridized carbons (Fsp3) is 0.200. The summed E-state index contributed by atoms with van der Waals surface area (Å²) in [6, 6.07) is 4.00. The van der Waals surface area contributed by atoms with Crippen molar-refractivity contribution < 1.29 is 0 Å². The highest BCUT2D eigenvalue weighted by molar-refractivity contribution is 8.01. The van der Waals surface area contributed by atoms with Gasteiger partial charge < -0.3 is 5.32 Å². The fourth-order valence-electron chi connectivity index (χ4n) is 1.09. The van der Waals surface area contributed by atoms with Crippen LogP contribution < -0.4 is 5.32 Å². The molecule has 3 nitrogen and oxygen atoms in total. The van der Waals surface area contributed by atoms with E-state index in [9.17, 15) is 0 Å². The topological polar surface area (TPSA) is 37.8 Å². The summed E-state index contributed by atoms with van der Waals surface area (Å²) in [5, 5.41) is 5.07. The molecule has 5 heteroatoms. The van der Waals surface area contributed by atoms with E-state index in [1.807, 2.05) is 26.1 Å². The average molecular weight is 237 g/mol. The maximum atomic E-state index is 4.40. The molecule has 0 bridgehead atoms. The lowest BCUT2D eigenvalue weighted by Gasteiger charge is -2.01. The molecule has 0 aromatic carbocycles. The number of hydrogen-bond acceptors (Lipinski definition) is 5. The van der Waals surface area contributed by atoms with Crippen LogP contribution in [0.15, 0.2) is 32.9 Å². The third kappa shape index (κ3) is 2.70. The van der Waals surface area contributed by atoms with Gasteiger partial charge in [0.15, 0.2) is 4.34 Å². The summed E-state index contributed by atoms with van der Waals surface area (Å²) in [5.41, 5.74) is 1.07. The number of aromatic nitrogens is 2. The molecule has 0 aliphatic carbocycles. The van der Waals surface area contributed by atoms with Gasteiger partial charge in [0.25, 0.3) is 0 Å². The molecule has 1 N–H and O–H groups in total. The van der Waals surface area contributed by atoms with Gasteiger partial charge in [0.05, 0.1) is 0 Å². The molecule has 0 aliphatic heterocycles. The third-order valence-electron chi connectivity index (χ3n) is 1.79. The Bertz CT molecular complexity index is 453. The summed E-state index contributed by atoms with van der Waals surface area (Å²) in [6.45, 7) is 2.01. The zero-order valence-electron chi connectivity index (χ0n) is 8.52. The number of thiazole rings is 1. The van der Waals surface area contributed by atoms with Gasteiger partial charge in [-0.2, -0.15) is 0 Å². The Morgan fingerprint density at radius 1 is 1.47 bits per heavy atom. The quantitative estimate of drug-likeness (QED) is 0.890. The molecule has 2 heterocycles. The summed E-state index contributed by atoms with van der Waals surface area (Å²) in [6.07, 6.45) is 1.80. The molecule has 0 amide bonds. The molecule has 15 heavy (non-hydrogen) atoms. The molecule has 2 aromatic heterocycles. The summed E-state index contributed by atoms with van der Waals surface area (Å²) >= 11 is 3.33. The highest BCUT2D eigenvalue weighted by atomic mass is 32.2. The Morgan fingerprint density at radius 3 is 3.00 bits per heavy atom. The Morgan fingerprint density at radius 2 is 2.33 bits per heavy atom. The molecule has 2 rings (SSSR count). The number of nitrogens with one attached hydrogen (secondary N) is 1. The Hall–Kier alpha value is -1.07. The van der Waals surface area contributed by atoms with Crippen LogP contribution in [0.3, 0.4) is 0 Å². The van der Waals surface area contributed by atoms with Crippen LogP contribution in [0.2, 0.25) is 0 Å². The van der Waals surface area contributed by atoms with Gasteiger partial charge in [0.2, 0.25) is 0 Å². The molecule has 2 aromatic rings. The zero-order valence-corrected chi connectivity index (χ0v) is 10.2. The van der Waals surface area contributed by atoms with Crippen molar-refractivity contribution in [2.24, 2.45) is 0 Å². The number of hydrogen-bond donors (Lipinski definition) is 1. The standard InChI is InChI=1S/C10H11N3S2/c1-7-6-14-10(13-7)15-8-3-4-12-9(5-8)11-2/h3-6H,1-2H3,(H,11,12). The molecule has 0 aliphatic rings. The highest BCUT2D eigenvalue weighted by Crippen LogP contribution is 2.30. The van der Waals surface area contributed by atoms with Crippen LogP contribution in [0.4, 0.5) is 5.82 Å². The van der Waals surface area contributed by atoms with Crippen LogP contribution in [0, 0.1) is 6.92 Å². The number of pyridine rings is 1. The van der Waals surface area contributed by atoms with Gasteiger partial charge in [-0.3, -0.25) is 0 Å². The van der Waals surface area contributed by atoms with E-state index in [1.54, 1.807) is 29.3 Å². The third-order valence-corrected chi connectivity index (χ3v) is 3.84. The Labute approximate surface area is 97.0 Å². The monoisotopic (exact) mass is 237 g/mol. The van der Waals surface area contributed by atoms with Gasteiger partial charge in [0, 0.05) is 29.2 Å². The predicted octanol–water partition coefficient (Wildman–Crippen LogP) is 3.04. The van der Waals surface area contributed by atoms with E-state index in [1.165, 1.54) is 0 Å². The van der Waals surface area contributed by atoms with Crippen molar-refractivity contribution in [2.45, 2.75) is 16.2 Å². The molecular weight excluding hydrogens is 226 g/mol. The maximum absolute atomic E-state index is 4.40. The second-order valence-electron chi connectivity index (χ2n) is 2.98. The molecule has 0 atom stereocenters. The van der Waals surface area contributed by atoms with Gasteiger partial charge >= 0.3 is 0 Å². The van der Waals surface area contributed by atoms with E-state index < -0.39 is 0 Å². The van der Waals surface area contributed by atoms with E-state index in [2.05, 4.69) is 20.7 Å². The van der Waals surface area contributed by atoms with E-state index >= 15 is 0 Å². The van der Waals surface area contributed by atoms with Gasteiger partial charge in [-0.05, 0) is 19.1 Å². The summed E-state index contributed by atoms with van der Waals surface area (Å²) in [7, 11) is 1.87. The van der Waals surface area contributed by atoms with Crippen molar-refractivity contribution in [1.82, 2.24) is 9.97 Å². The lowest BCUT2D eigenvalue weighted by atomic mass is 10.5. The first-order valence-electron chi connectivity index (χ1n) is 4.52. The fourth-order valence-corrected chi connectivity index (χ4v) is 2.93. The Kier molecular flexibility index (Phi) is 3.23. The maximum Gasteiger partial charge on any atom is 0.154 e. The van der Waals surface area contributed by atoms with Crippen molar-refractivity contribution in [3.63, 3.8) is 0 Å². The molecule has 0 saturated carbocycles. The van der Waals surface area contributed by atoms with Gasteiger partial charge in [-0.25, -0.2) is 9.97 Å². The zero-order chi connectivity index (χ0) is 10.7. The largest absolute Gasteiger partial charge is 0.373 e. The van der Waals surface area contributed by atoms with Gasteiger partial charge in [0.1, 0.15) is 5.82 Å². The van der Waals surface area contributed by atoms with Crippen molar-refractivity contribution >= 4 is 28.9 Å². The van der Waals surface area contributed by atoms with E-state index in [4.69, 9.17) is 0 Å². The highest BCUT2D eigenvalue weighted by Gasteiger charge is 2.02. The average Bonchev–Trinajstić information content (AvgIpc) is 2.64. The Balaban J connectivity index is 2.16. The predicted molar refractivity (Wildman–Crippen MR) is 64.8 cm³/mol. The van der Waals surface area contributed by atoms with Crippen LogP contribution in [0.25, 0.3) is 0 Å². The van der Waals surface area contributed by atoms with Crippen LogP contribution >= 0.6 is 23.1 Å². The lowest BCUT2D eigenvalue weighted by molar-refractivity contribution is 1.15. The first-order valence-corrected chi connectivity index (χ1v) is 6.21. The van der Waals surface area contributed by atoms with Gasteiger partial charge in [-0.1, -0.05) is 11.8 Å². The SMILES string of the molecule is CNc1cc(Sc2nc(C)cs2)ccn1. The molecule has 78 valence electrons. The lowest BCUT2D eigenvalue weighted by Crippen LogP contribution is -1.90. The molecular formula is C10H11N3S2. The normalized spacial score (nSPS) is 10.3. The number of anilines is 1. The van der Waals surface area contributed by atoms with Crippen LogP contribution in [-0.4, -0.2) is 17.0 Å². The van der Waals surface area contributed by atoms with Crippen molar-refractivity contribution in [3.8, 4) is 0 Å². The number of nitrogens with zero attached hydrogens (tertiary/aromatic N) is 2. The summed E-state index contributed by atoms with van der Waals surface area (Å²) < 4.78 is 1.07. The van der Waals surface area contributed by atoms with Gasteiger partial charge in [-0.15, -0.1) is 11.3 Å². The van der Waals surface area contributed by atoms with Crippen molar-refractivity contribution in [2.75, 3.05) is 12.4 Å². The second kappa shape index (κ2) is 4.63. The van der Waals surface area contributed by atoms with E-state index in [0.717, 1.165) is 20.7 Å². The molecule has 0 saturated heterocycles. The summed E-state index contributed by atoms with van der Waals surface area (Å²) in [5.74, 6) is 0.883. The minimum atomic E-state index is 0.883. The first kappa shape index (κ1) is 10.4. The van der Waals surface area contributed by atoms with Crippen molar-refractivity contribution in [3.05, 3.63) is 29.4 Å². The minimum absolute atomic E-state index is 0.883. The number of aryl methyl sites for hydroxylation is 1. The molecule has 0 radical (unpaired) electrons. The molecule has 0 spiro atoms.